The van der Waals surface area contributed by atoms with Crippen molar-refractivity contribution in [3.8, 4) is 5.75 Å². The lowest BCUT2D eigenvalue weighted by Gasteiger charge is -2.29. The number of aromatic hydroxyl groups is 1. The molecule has 2 aromatic carbocycles. The van der Waals surface area contributed by atoms with Crippen LogP contribution in [0.2, 0.25) is 0 Å². The molecule has 0 aliphatic heterocycles. The molecule has 3 rings (SSSR count). The van der Waals surface area contributed by atoms with Crippen molar-refractivity contribution < 1.29 is 24.6 Å². The zero-order valence-electron chi connectivity index (χ0n) is 12.7. The van der Waals surface area contributed by atoms with Crippen molar-refractivity contribution in [2.75, 3.05) is 0 Å². The van der Waals surface area contributed by atoms with Gasteiger partial charge in [-0.2, -0.15) is 0 Å². The Morgan fingerprint density at radius 1 is 1.04 bits per heavy atom. The fourth-order valence-electron chi connectivity index (χ4n) is 2.68. The molecular formula is C17H14N2O5. The molecule has 4 N–H and O–H groups in total. The highest BCUT2D eigenvalue weighted by Crippen LogP contribution is 2.33. The molecule has 0 saturated carbocycles. The van der Waals surface area contributed by atoms with E-state index in [-0.39, 0.29) is 27.4 Å². The zero-order chi connectivity index (χ0) is 17.6. The summed E-state index contributed by atoms with van der Waals surface area (Å²) in [5, 5.41) is 20.8. The third-order valence-electron chi connectivity index (χ3n) is 4.09. The molecule has 1 aliphatic carbocycles. The maximum atomic E-state index is 12.5. The average molecular weight is 326 g/mol. The normalized spacial score (nSPS) is 15.3. The van der Waals surface area contributed by atoms with E-state index in [1.54, 1.807) is 13.0 Å². The molecule has 2 aromatic rings. The van der Waals surface area contributed by atoms with Gasteiger partial charge in [-0.25, -0.2) is 10.9 Å². The second-order valence-electron chi connectivity index (χ2n) is 5.52. The van der Waals surface area contributed by atoms with Crippen molar-refractivity contribution in [2.45, 2.75) is 12.6 Å². The van der Waals surface area contributed by atoms with Gasteiger partial charge in [0.1, 0.15) is 5.75 Å². The van der Waals surface area contributed by atoms with Crippen LogP contribution in [-0.2, 0) is 0 Å². The fraction of sp³-hybridized carbons (Fsp3) is 0.118. The van der Waals surface area contributed by atoms with Crippen LogP contribution >= 0.6 is 0 Å². The summed E-state index contributed by atoms with van der Waals surface area (Å²) in [6.45, 7) is 1.57. The Morgan fingerprint density at radius 2 is 1.58 bits per heavy atom. The lowest BCUT2D eigenvalue weighted by molar-refractivity contribution is -0.0390. The van der Waals surface area contributed by atoms with Gasteiger partial charge in [0.15, 0.2) is 0 Å². The molecule has 0 fully saturated rings. The van der Waals surface area contributed by atoms with E-state index in [4.69, 9.17) is 5.84 Å². The van der Waals surface area contributed by atoms with Crippen molar-refractivity contribution in [1.82, 2.24) is 5.01 Å². The average Bonchev–Trinajstić information content (AvgIpc) is 2.79. The molecule has 0 bridgehead atoms. The number of benzene rings is 2. The second-order valence-corrected chi connectivity index (χ2v) is 5.52. The first-order valence-electron chi connectivity index (χ1n) is 7.09. The predicted octanol–water partition coefficient (Wildman–Crippen LogP) is 0.784. The Kier molecular flexibility index (Phi) is 3.47. The van der Waals surface area contributed by atoms with E-state index in [0.29, 0.717) is 5.56 Å². The number of aryl methyl sites for hydroxylation is 1. The summed E-state index contributed by atoms with van der Waals surface area (Å²) >= 11 is 0. The van der Waals surface area contributed by atoms with E-state index in [2.05, 4.69) is 0 Å². The van der Waals surface area contributed by atoms with E-state index in [0.717, 1.165) is 0 Å². The summed E-state index contributed by atoms with van der Waals surface area (Å²) in [6, 6.07) is 10.2. The molecule has 122 valence electrons. The first kappa shape index (κ1) is 15.9. The van der Waals surface area contributed by atoms with Gasteiger partial charge in [-0.15, -0.1) is 0 Å². The minimum absolute atomic E-state index is 0.0123. The van der Waals surface area contributed by atoms with Crippen molar-refractivity contribution >= 4 is 17.5 Å². The van der Waals surface area contributed by atoms with E-state index >= 15 is 0 Å². The molecule has 0 saturated heterocycles. The predicted molar refractivity (Wildman–Crippen MR) is 83.3 cm³/mol. The molecule has 24 heavy (non-hydrogen) atoms. The van der Waals surface area contributed by atoms with Gasteiger partial charge >= 0.3 is 0 Å². The molecule has 0 heterocycles. The monoisotopic (exact) mass is 326 g/mol. The number of para-hydroxylation sites is 1. The van der Waals surface area contributed by atoms with Gasteiger partial charge in [-0.1, -0.05) is 36.4 Å². The van der Waals surface area contributed by atoms with Gasteiger partial charge in [0.05, 0.1) is 5.56 Å². The van der Waals surface area contributed by atoms with Gasteiger partial charge in [0.2, 0.25) is 11.6 Å². The molecule has 7 heteroatoms. The molecule has 0 atom stereocenters. The first-order valence-corrected chi connectivity index (χ1v) is 7.09. The highest BCUT2D eigenvalue weighted by atomic mass is 16.3. The van der Waals surface area contributed by atoms with Gasteiger partial charge in [0.25, 0.3) is 11.6 Å². The maximum absolute atomic E-state index is 12.5. The van der Waals surface area contributed by atoms with Crippen LogP contribution in [0.15, 0.2) is 42.5 Å². The maximum Gasteiger partial charge on any atom is 0.284 e. The summed E-state index contributed by atoms with van der Waals surface area (Å²) in [4.78, 5) is 37.4. The largest absolute Gasteiger partial charge is 0.507 e. The third kappa shape index (κ3) is 1.96. The minimum atomic E-state index is -2.84. The third-order valence-corrected chi connectivity index (χ3v) is 4.09. The first-order chi connectivity index (χ1) is 11.3. The Bertz CT molecular complexity index is 855. The van der Waals surface area contributed by atoms with Crippen LogP contribution in [0, 0.1) is 6.92 Å². The Hall–Kier alpha value is -3.03. The number of fused-ring (bicyclic) bond motifs is 1. The summed E-state index contributed by atoms with van der Waals surface area (Å²) in [7, 11) is 0. The van der Waals surface area contributed by atoms with Gasteiger partial charge in [-0.3, -0.25) is 14.4 Å². The number of aliphatic hydroxyl groups is 1. The number of nitrogens with two attached hydrogens (primary N) is 1. The number of Topliss-reactive ketones (excluding diaryl/α,β-unsaturated/α-hetero) is 2. The molecule has 7 nitrogen and oxygen atoms in total. The van der Waals surface area contributed by atoms with Crippen molar-refractivity contribution in [2.24, 2.45) is 5.84 Å². The van der Waals surface area contributed by atoms with Crippen molar-refractivity contribution in [3.63, 3.8) is 0 Å². The standard InChI is InChI=1S/C17H14N2O5/c1-9-5-4-8-12(13(9)20)16(23)19(18)17(24)14(21)10-6-2-3-7-11(10)15(17)22/h2-8,20,24H,18H2,1H3. The van der Waals surface area contributed by atoms with Crippen LogP contribution in [0.5, 0.6) is 5.75 Å². The van der Waals surface area contributed by atoms with Crippen LogP contribution in [0.3, 0.4) is 0 Å². The van der Waals surface area contributed by atoms with Gasteiger partial charge < -0.3 is 10.2 Å². The molecule has 0 radical (unpaired) electrons. The smallest absolute Gasteiger partial charge is 0.284 e. The van der Waals surface area contributed by atoms with E-state index in [1.807, 2.05) is 0 Å². The van der Waals surface area contributed by atoms with Crippen LogP contribution < -0.4 is 5.84 Å². The number of nitrogens with zero attached hydrogens (tertiary/aromatic N) is 1. The van der Waals surface area contributed by atoms with Crippen molar-refractivity contribution in [3.05, 3.63) is 64.7 Å². The number of hydrogen-bond donors (Lipinski definition) is 3. The fourth-order valence-corrected chi connectivity index (χ4v) is 2.68. The summed E-state index contributed by atoms with van der Waals surface area (Å²) in [6.07, 6.45) is 0. The molecule has 1 aliphatic rings. The molecular weight excluding hydrogens is 312 g/mol. The number of hydrogen-bond acceptors (Lipinski definition) is 6. The Labute approximate surface area is 136 Å². The number of amides is 1. The molecule has 0 unspecified atom stereocenters. The topological polar surface area (TPSA) is 121 Å². The second kappa shape index (κ2) is 5.26. The minimum Gasteiger partial charge on any atom is -0.507 e. The SMILES string of the molecule is Cc1cccc(C(=O)N(N)C2(O)C(=O)c3ccccc3C2=O)c1O. The number of rotatable bonds is 2. The highest BCUT2D eigenvalue weighted by Gasteiger charge is 2.57. The molecule has 0 aromatic heterocycles. The van der Waals surface area contributed by atoms with Crippen LogP contribution in [0.25, 0.3) is 0 Å². The number of hydrazine groups is 1. The van der Waals surface area contributed by atoms with E-state index in [9.17, 15) is 24.6 Å². The quantitative estimate of drug-likeness (QED) is 0.247. The summed E-state index contributed by atoms with van der Waals surface area (Å²) < 4.78 is 0. The summed E-state index contributed by atoms with van der Waals surface area (Å²) in [5.41, 5.74) is -2.67. The summed E-state index contributed by atoms with van der Waals surface area (Å²) in [5.74, 6) is 2.30. The van der Waals surface area contributed by atoms with E-state index < -0.39 is 23.2 Å². The lowest BCUT2D eigenvalue weighted by Crippen LogP contribution is -2.62. The number of ketones is 2. The van der Waals surface area contributed by atoms with Crippen LogP contribution in [0.1, 0.15) is 36.6 Å². The molecule has 1 amide bonds. The zero-order valence-corrected chi connectivity index (χ0v) is 12.7. The number of carbonyl (C=O) groups is 3. The van der Waals surface area contributed by atoms with Crippen LogP contribution in [0.4, 0.5) is 0 Å². The number of phenolic OH excluding ortho intramolecular Hbond substituents is 1. The van der Waals surface area contributed by atoms with Crippen LogP contribution in [-0.4, -0.2) is 38.4 Å². The lowest BCUT2D eigenvalue weighted by atomic mass is 10.0. The van der Waals surface area contributed by atoms with E-state index in [1.165, 1.54) is 36.4 Å². The Balaban J connectivity index is 2.06. The number of carbonyl (C=O) groups excluding carboxylic acids is 3. The Morgan fingerprint density at radius 3 is 2.12 bits per heavy atom. The molecule has 0 spiro atoms. The number of phenols is 1. The van der Waals surface area contributed by atoms with Gasteiger partial charge in [0, 0.05) is 11.1 Å². The van der Waals surface area contributed by atoms with Crippen molar-refractivity contribution in [1.29, 1.82) is 0 Å². The highest BCUT2D eigenvalue weighted by molar-refractivity contribution is 6.32. The van der Waals surface area contributed by atoms with Gasteiger partial charge in [-0.05, 0) is 18.6 Å².